The molecule has 2 aromatic carbocycles. The van der Waals surface area contributed by atoms with Gasteiger partial charge in [0.15, 0.2) is 17.3 Å². The number of benzene rings is 2. The van der Waals surface area contributed by atoms with E-state index in [1.54, 1.807) is 44.4 Å². The molecule has 136 valence electrons. The quantitative estimate of drug-likeness (QED) is 0.484. The van der Waals surface area contributed by atoms with Crippen molar-refractivity contribution in [3.8, 4) is 23.0 Å². The van der Waals surface area contributed by atoms with Crippen LogP contribution in [0.15, 0.2) is 35.9 Å². The lowest BCUT2D eigenvalue weighted by Crippen LogP contribution is -2.02. The number of anilines is 1. The molecule has 0 spiro atoms. The topological polar surface area (TPSA) is 80.0 Å². The molecule has 3 rings (SSSR count). The number of carbonyl (C=O) groups excluding carboxylic acids is 1. The van der Waals surface area contributed by atoms with E-state index in [9.17, 15) is 4.79 Å². The largest absolute Gasteiger partial charge is 0.495 e. The molecule has 26 heavy (non-hydrogen) atoms. The second-order valence-electron chi connectivity index (χ2n) is 5.80. The van der Waals surface area contributed by atoms with Crippen LogP contribution in [0.3, 0.4) is 0 Å². The molecule has 0 bridgehead atoms. The lowest BCUT2D eigenvalue weighted by Gasteiger charge is -2.10. The summed E-state index contributed by atoms with van der Waals surface area (Å²) in [5.41, 5.74) is 8.30. The highest BCUT2D eigenvalue weighted by atomic mass is 16.7. The Kier molecular flexibility index (Phi) is 5.02. The average Bonchev–Trinajstić information content (AvgIpc) is 3.10. The Morgan fingerprint density at radius 3 is 2.73 bits per heavy atom. The van der Waals surface area contributed by atoms with E-state index in [-0.39, 0.29) is 12.6 Å². The van der Waals surface area contributed by atoms with Gasteiger partial charge in [0.1, 0.15) is 5.75 Å². The van der Waals surface area contributed by atoms with Crippen LogP contribution in [-0.4, -0.2) is 26.3 Å². The number of nitrogen functional groups attached to an aromatic ring is 1. The molecule has 6 nitrogen and oxygen atoms in total. The van der Waals surface area contributed by atoms with Crippen molar-refractivity contribution in [2.24, 2.45) is 0 Å². The zero-order valence-electron chi connectivity index (χ0n) is 15.0. The van der Waals surface area contributed by atoms with E-state index in [0.29, 0.717) is 46.4 Å². The van der Waals surface area contributed by atoms with Gasteiger partial charge in [-0.05, 0) is 55.3 Å². The molecule has 1 aliphatic heterocycles. The highest BCUT2D eigenvalue weighted by Crippen LogP contribution is 2.42. The first-order valence-electron chi connectivity index (χ1n) is 8.26. The fourth-order valence-electron chi connectivity index (χ4n) is 2.76. The first kappa shape index (κ1) is 17.7. The Bertz CT molecular complexity index is 873. The van der Waals surface area contributed by atoms with Gasteiger partial charge in [0.05, 0.1) is 19.4 Å². The SMILES string of the molecule is CCOc1cc(C(=O)C(C)=Cc2ccc(OC)c(N)c2)cc2c1OCO2. The molecular formula is C20H21NO5. The van der Waals surface area contributed by atoms with Gasteiger partial charge in [0.2, 0.25) is 12.5 Å². The van der Waals surface area contributed by atoms with Crippen molar-refractivity contribution in [1.82, 2.24) is 0 Å². The van der Waals surface area contributed by atoms with Crippen LogP contribution in [0.4, 0.5) is 5.69 Å². The third kappa shape index (κ3) is 3.44. The zero-order chi connectivity index (χ0) is 18.7. The van der Waals surface area contributed by atoms with Gasteiger partial charge in [-0.2, -0.15) is 0 Å². The molecule has 0 fully saturated rings. The van der Waals surface area contributed by atoms with Crippen LogP contribution in [0.1, 0.15) is 29.8 Å². The number of allylic oxidation sites excluding steroid dienone is 1. The van der Waals surface area contributed by atoms with Crippen molar-refractivity contribution >= 4 is 17.5 Å². The molecule has 0 radical (unpaired) electrons. The van der Waals surface area contributed by atoms with Gasteiger partial charge in [-0.25, -0.2) is 0 Å². The Morgan fingerprint density at radius 1 is 1.23 bits per heavy atom. The third-order valence-electron chi connectivity index (χ3n) is 4.00. The van der Waals surface area contributed by atoms with E-state index in [1.807, 2.05) is 13.0 Å². The molecular weight excluding hydrogens is 334 g/mol. The summed E-state index contributed by atoms with van der Waals surface area (Å²) in [7, 11) is 1.56. The number of hydrogen-bond donors (Lipinski definition) is 1. The maximum Gasteiger partial charge on any atom is 0.231 e. The van der Waals surface area contributed by atoms with Crippen LogP contribution in [0.5, 0.6) is 23.0 Å². The van der Waals surface area contributed by atoms with E-state index in [0.717, 1.165) is 5.56 Å². The van der Waals surface area contributed by atoms with Crippen LogP contribution in [-0.2, 0) is 0 Å². The number of nitrogens with two attached hydrogens (primary N) is 1. The molecule has 0 atom stereocenters. The van der Waals surface area contributed by atoms with Gasteiger partial charge in [-0.3, -0.25) is 4.79 Å². The summed E-state index contributed by atoms with van der Waals surface area (Å²) >= 11 is 0. The number of ketones is 1. The molecule has 0 amide bonds. The fourth-order valence-corrected chi connectivity index (χ4v) is 2.76. The molecule has 2 N–H and O–H groups in total. The van der Waals surface area contributed by atoms with E-state index in [2.05, 4.69) is 0 Å². The number of ether oxygens (including phenoxy) is 4. The average molecular weight is 355 g/mol. The molecule has 0 saturated carbocycles. The monoisotopic (exact) mass is 355 g/mol. The van der Waals surface area contributed by atoms with Crippen LogP contribution < -0.4 is 24.7 Å². The maximum absolute atomic E-state index is 12.8. The Morgan fingerprint density at radius 2 is 2.04 bits per heavy atom. The summed E-state index contributed by atoms with van der Waals surface area (Å²) in [5.74, 6) is 2.03. The first-order chi connectivity index (χ1) is 12.5. The summed E-state index contributed by atoms with van der Waals surface area (Å²) in [6, 6.07) is 8.73. The third-order valence-corrected chi connectivity index (χ3v) is 4.00. The first-order valence-corrected chi connectivity index (χ1v) is 8.26. The van der Waals surface area contributed by atoms with Crippen molar-refractivity contribution in [3.05, 3.63) is 47.0 Å². The Balaban J connectivity index is 1.91. The lowest BCUT2D eigenvalue weighted by atomic mass is 10.0. The zero-order valence-corrected chi connectivity index (χ0v) is 15.0. The van der Waals surface area contributed by atoms with Gasteiger partial charge in [0, 0.05) is 5.56 Å². The fraction of sp³-hybridized carbons (Fsp3) is 0.250. The van der Waals surface area contributed by atoms with Crippen molar-refractivity contribution in [2.45, 2.75) is 13.8 Å². The number of rotatable bonds is 6. The number of methoxy groups -OCH3 is 1. The van der Waals surface area contributed by atoms with E-state index < -0.39 is 0 Å². The molecule has 1 heterocycles. The predicted molar refractivity (Wildman–Crippen MR) is 99.1 cm³/mol. The van der Waals surface area contributed by atoms with Crippen LogP contribution in [0, 0.1) is 0 Å². The maximum atomic E-state index is 12.8. The van der Waals surface area contributed by atoms with Gasteiger partial charge < -0.3 is 24.7 Å². The summed E-state index contributed by atoms with van der Waals surface area (Å²) < 4.78 is 21.5. The molecule has 6 heteroatoms. The standard InChI is InChI=1S/C20H21NO5/c1-4-24-17-9-14(10-18-20(17)26-11-25-18)19(22)12(2)7-13-5-6-16(23-3)15(21)8-13/h5-10H,4,11,21H2,1-3H3. The van der Waals surface area contributed by atoms with Crippen molar-refractivity contribution < 1.29 is 23.7 Å². The minimum Gasteiger partial charge on any atom is -0.495 e. The number of carbonyl (C=O) groups is 1. The molecule has 0 aromatic heterocycles. The van der Waals surface area contributed by atoms with Crippen molar-refractivity contribution in [1.29, 1.82) is 0 Å². The highest BCUT2D eigenvalue weighted by molar-refractivity contribution is 6.11. The Hall–Kier alpha value is -3.15. The number of hydrogen-bond acceptors (Lipinski definition) is 6. The van der Waals surface area contributed by atoms with E-state index in [4.69, 9.17) is 24.7 Å². The van der Waals surface area contributed by atoms with Gasteiger partial charge >= 0.3 is 0 Å². The minimum absolute atomic E-state index is 0.118. The predicted octanol–water partition coefficient (Wildman–Crippen LogP) is 3.69. The Labute approximate surface area is 152 Å². The number of Topliss-reactive ketones (excluding diaryl/α,β-unsaturated/α-hetero) is 1. The molecule has 1 aliphatic rings. The van der Waals surface area contributed by atoms with Crippen LogP contribution in [0.25, 0.3) is 6.08 Å². The summed E-state index contributed by atoms with van der Waals surface area (Å²) in [5, 5.41) is 0. The number of fused-ring (bicyclic) bond motifs is 1. The van der Waals surface area contributed by atoms with Crippen molar-refractivity contribution in [3.63, 3.8) is 0 Å². The van der Waals surface area contributed by atoms with E-state index in [1.165, 1.54) is 0 Å². The smallest absolute Gasteiger partial charge is 0.231 e. The van der Waals surface area contributed by atoms with Crippen LogP contribution in [0.2, 0.25) is 0 Å². The highest BCUT2D eigenvalue weighted by Gasteiger charge is 2.23. The van der Waals surface area contributed by atoms with Crippen molar-refractivity contribution in [2.75, 3.05) is 26.2 Å². The molecule has 2 aromatic rings. The molecule has 0 saturated heterocycles. The summed E-state index contributed by atoms with van der Waals surface area (Å²) in [6.07, 6.45) is 1.78. The second kappa shape index (κ2) is 7.39. The van der Waals surface area contributed by atoms with Gasteiger partial charge in [-0.15, -0.1) is 0 Å². The minimum atomic E-state index is -0.126. The summed E-state index contributed by atoms with van der Waals surface area (Å²) in [6.45, 7) is 4.21. The van der Waals surface area contributed by atoms with Gasteiger partial charge in [0.25, 0.3) is 0 Å². The summed E-state index contributed by atoms with van der Waals surface area (Å²) in [4.78, 5) is 12.8. The lowest BCUT2D eigenvalue weighted by molar-refractivity contribution is 0.103. The van der Waals surface area contributed by atoms with Gasteiger partial charge in [-0.1, -0.05) is 6.07 Å². The molecule has 0 aliphatic carbocycles. The van der Waals surface area contributed by atoms with E-state index >= 15 is 0 Å². The molecule has 0 unspecified atom stereocenters. The normalized spacial score (nSPS) is 12.8. The second-order valence-corrected chi connectivity index (χ2v) is 5.80. The van der Waals surface area contributed by atoms with Crippen LogP contribution >= 0.6 is 0 Å².